The third-order valence-corrected chi connectivity index (χ3v) is 4.13. The van der Waals surface area contributed by atoms with Gasteiger partial charge in [0.25, 0.3) is 5.91 Å². The quantitative estimate of drug-likeness (QED) is 0.748. The molecule has 3 heterocycles. The van der Waals surface area contributed by atoms with Crippen LogP contribution in [0, 0.1) is 0 Å². The van der Waals surface area contributed by atoms with Crippen LogP contribution in [0.3, 0.4) is 0 Å². The van der Waals surface area contributed by atoms with E-state index in [1.54, 1.807) is 24.3 Å². The first-order chi connectivity index (χ1) is 10.1. The number of anilines is 1. The number of hydrogen-bond donors (Lipinski definition) is 2. The van der Waals surface area contributed by atoms with Crippen LogP contribution in [0.1, 0.15) is 15.5 Å². The van der Waals surface area contributed by atoms with Crippen LogP contribution < -0.4 is 11.1 Å². The van der Waals surface area contributed by atoms with Crippen molar-refractivity contribution in [3.63, 3.8) is 0 Å². The fourth-order valence-electron chi connectivity index (χ4n) is 1.98. The van der Waals surface area contributed by atoms with E-state index in [4.69, 9.17) is 5.73 Å². The first kappa shape index (κ1) is 13.5. The number of carbonyl (C=O) groups is 1. The van der Waals surface area contributed by atoms with Crippen molar-refractivity contribution in [3.05, 3.63) is 35.4 Å². The second-order valence-electron chi connectivity index (χ2n) is 4.54. The summed E-state index contributed by atoms with van der Waals surface area (Å²) in [5, 5.41) is 6.99. The summed E-state index contributed by atoms with van der Waals surface area (Å²) in [4.78, 5) is 21.0. The fourth-order valence-corrected chi connectivity index (χ4v) is 2.98. The molecule has 3 aromatic rings. The first-order valence-corrected chi connectivity index (χ1v) is 7.22. The van der Waals surface area contributed by atoms with Gasteiger partial charge in [0.15, 0.2) is 5.82 Å². The van der Waals surface area contributed by atoms with Crippen LogP contribution in [0.2, 0.25) is 0 Å². The van der Waals surface area contributed by atoms with Crippen molar-refractivity contribution >= 4 is 33.1 Å². The summed E-state index contributed by atoms with van der Waals surface area (Å²) in [5.74, 6) is 0.509. The molecule has 0 spiro atoms. The number of fused-ring (bicyclic) bond motifs is 1. The predicted molar refractivity (Wildman–Crippen MR) is 81.1 cm³/mol. The Balaban J connectivity index is 1.68. The minimum Gasteiger partial charge on any atom is -0.396 e. The van der Waals surface area contributed by atoms with Crippen LogP contribution in [0.25, 0.3) is 10.2 Å². The molecule has 108 valence electrons. The lowest BCUT2D eigenvalue weighted by atomic mass is 10.3. The molecule has 3 aromatic heterocycles. The fraction of sp³-hybridized carbons (Fsp3) is 0.231. The highest BCUT2D eigenvalue weighted by molar-refractivity contribution is 7.21. The van der Waals surface area contributed by atoms with Gasteiger partial charge >= 0.3 is 0 Å². The molecule has 0 unspecified atom stereocenters. The third-order valence-electron chi connectivity index (χ3n) is 2.97. The van der Waals surface area contributed by atoms with Crippen molar-refractivity contribution in [2.45, 2.75) is 6.42 Å². The normalized spacial score (nSPS) is 10.9. The highest BCUT2D eigenvalue weighted by Gasteiger charge is 2.16. The third kappa shape index (κ3) is 2.70. The molecular formula is C13H14N6OS. The van der Waals surface area contributed by atoms with Gasteiger partial charge in [0.2, 0.25) is 0 Å². The Morgan fingerprint density at radius 1 is 1.48 bits per heavy atom. The van der Waals surface area contributed by atoms with E-state index in [-0.39, 0.29) is 5.91 Å². The zero-order chi connectivity index (χ0) is 14.8. The predicted octanol–water partition coefficient (Wildman–Crippen LogP) is 0.979. The van der Waals surface area contributed by atoms with Crippen LogP contribution >= 0.6 is 11.3 Å². The minimum atomic E-state index is -0.188. The maximum absolute atomic E-state index is 12.2. The molecule has 0 saturated carbocycles. The average molecular weight is 302 g/mol. The molecule has 7 nitrogen and oxygen atoms in total. The lowest BCUT2D eigenvalue weighted by Crippen LogP contribution is -2.25. The average Bonchev–Trinajstić information content (AvgIpc) is 3.03. The van der Waals surface area contributed by atoms with Crippen LogP contribution in [0.15, 0.2) is 24.7 Å². The zero-order valence-corrected chi connectivity index (χ0v) is 12.2. The van der Waals surface area contributed by atoms with Gasteiger partial charge in [-0.2, -0.15) is 5.10 Å². The number of thiophene rings is 1. The molecule has 0 radical (unpaired) electrons. The van der Waals surface area contributed by atoms with E-state index in [0.717, 1.165) is 4.70 Å². The molecule has 0 aliphatic heterocycles. The van der Waals surface area contributed by atoms with Crippen molar-refractivity contribution in [1.82, 2.24) is 25.1 Å². The van der Waals surface area contributed by atoms with E-state index in [0.29, 0.717) is 34.9 Å². The largest absolute Gasteiger partial charge is 0.396 e. The summed E-state index contributed by atoms with van der Waals surface area (Å²) >= 11 is 1.35. The molecule has 8 heteroatoms. The second-order valence-corrected chi connectivity index (χ2v) is 5.59. The number of nitrogen functional groups attached to an aromatic ring is 1. The van der Waals surface area contributed by atoms with E-state index in [1.807, 2.05) is 12.1 Å². The number of aromatic nitrogens is 4. The number of amides is 1. The van der Waals surface area contributed by atoms with Gasteiger partial charge in [-0.05, 0) is 12.1 Å². The van der Waals surface area contributed by atoms with Gasteiger partial charge in [0.1, 0.15) is 16.7 Å². The van der Waals surface area contributed by atoms with Crippen molar-refractivity contribution in [2.75, 3.05) is 12.3 Å². The monoisotopic (exact) mass is 302 g/mol. The smallest absolute Gasteiger partial charge is 0.263 e. The number of hydrogen-bond acceptors (Lipinski definition) is 6. The van der Waals surface area contributed by atoms with Crippen molar-refractivity contribution in [3.8, 4) is 0 Å². The van der Waals surface area contributed by atoms with Crippen molar-refractivity contribution in [2.24, 2.45) is 7.05 Å². The molecule has 0 fully saturated rings. The molecule has 0 atom stereocenters. The molecule has 0 bridgehead atoms. The Morgan fingerprint density at radius 3 is 3.05 bits per heavy atom. The standard InChI is InChI=1S/C13H14N6OS/c1-19-7-17-9(18-19)4-6-16-13(20)12-10(14)11-8(21-12)3-2-5-15-11/h2-3,5,7H,4,6,14H2,1H3,(H,16,20). The summed E-state index contributed by atoms with van der Waals surface area (Å²) in [6, 6.07) is 3.73. The van der Waals surface area contributed by atoms with Crippen LogP contribution in [-0.2, 0) is 13.5 Å². The molecule has 0 saturated heterocycles. The molecule has 0 aromatic carbocycles. The lowest BCUT2D eigenvalue weighted by molar-refractivity contribution is 0.0959. The van der Waals surface area contributed by atoms with Crippen molar-refractivity contribution in [1.29, 1.82) is 0 Å². The Hall–Kier alpha value is -2.48. The summed E-state index contributed by atoms with van der Waals surface area (Å²) < 4.78 is 2.54. The van der Waals surface area contributed by atoms with Gasteiger partial charge in [0, 0.05) is 26.2 Å². The van der Waals surface area contributed by atoms with E-state index in [2.05, 4.69) is 20.4 Å². The van der Waals surface area contributed by atoms with E-state index in [1.165, 1.54) is 11.3 Å². The van der Waals surface area contributed by atoms with Gasteiger partial charge < -0.3 is 11.1 Å². The number of rotatable bonds is 4. The number of nitrogens with zero attached hydrogens (tertiary/aromatic N) is 4. The minimum absolute atomic E-state index is 0.188. The van der Waals surface area contributed by atoms with Crippen LogP contribution in [0.4, 0.5) is 5.69 Å². The zero-order valence-electron chi connectivity index (χ0n) is 11.4. The molecule has 3 rings (SSSR count). The highest BCUT2D eigenvalue weighted by Crippen LogP contribution is 2.31. The Labute approximate surface area is 124 Å². The van der Waals surface area contributed by atoms with E-state index >= 15 is 0 Å². The first-order valence-electron chi connectivity index (χ1n) is 6.41. The summed E-state index contributed by atoms with van der Waals surface area (Å²) in [7, 11) is 1.81. The number of nitrogens with two attached hydrogens (primary N) is 1. The van der Waals surface area contributed by atoms with E-state index in [9.17, 15) is 4.79 Å². The molecule has 3 N–H and O–H groups in total. The SMILES string of the molecule is Cn1cnc(CCNC(=O)c2sc3cccnc3c2N)n1. The van der Waals surface area contributed by atoms with E-state index < -0.39 is 0 Å². The van der Waals surface area contributed by atoms with Gasteiger partial charge in [-0.25, -0.2) is 4.98 Å². The summed E-state index contributed by atoms with van der Waals surface area (Å²) in [6.07, 6.45) is 3.88. The molecule has 1 amide bonds. The van der Waals surface area contributed by atoms with Gasteiger partial charge in [-0.1, -0.05) is 0 Å². The van der Waals surface area contributed by atoms with Crippen LogP contribution in [-0.4, -0.2) is 32.2 Å². The Morgan fingerprint density at radius 2 is 2.33 bits per heavy atom. The summed E-state index contributed by atoms with van der Waals surface area (Å²) in [6.45, 7) is 0.462. The topological polar surface area (TPSA) is 98.7 Å². The molecule has 21 heavy (non-hydrogen) atoms. The van der Waals surface area contributed by atoms with Gasteiger partial charge in [-0.15, -0.1) is 11.3 Å². The lowest BCUT2D eigenvalue weighted by Gasteiger charge is -2.02. The maximum atomic E-state index is 12.2. The molecular weight excluding hydrogens is 288 g/mol. The molecule has 0 aliphatic rings. The summed E-state index contributed by atoms with van der Waals surface area (Å²) in [5.41, 5.74) is 7.10. The Bertz CT molecular complexity index is 793. The Kier molecular flexibility index (Phi) is 3.53. The molecule has 0 aliphatic carbocycles. The number of nitrogens with one attached hydrogen (secondary N) is 1. The van der Waals surface area contributed by atoms with Gasteiger partial charge in [-0.3, -0.25) is 14.5 Å². The number of carbonyl (C=O) groups excluding carboxylic acids is 1. The maximum Gasteiger partial charge on any atom is 0.263 e. The van der Waals surface area contributed by atoms with Crippen LogP contribution in [0.5, 0.6) is 0 Å². The van der Waals surface area contributed by atoms with Gasteiger partial charge in [0.05, 0.1) is 10.4 Å². The highest BCUT2D eigenvalue weighted by atomic mass is 32.1. The number of pyridine rings is 1. The number of aryl methyl sites for hydroxylation is 1. The van der Waals surface area contributed by atoms with Crippen molar-refractivity contribution < 1.29 is 4.79 Å². The second kappa shape index (κ2) is 5.49.